The zero-order chi connectivity index (χ0) is 22.6. The molecule has 0 aliphatic carbocycles. The van der Waals surface area contributed by atoms with Crippen LogP contribution in [0.15, 0.2) is 48.0 Å². The third-order valence-electron chi connectivity index (χ3n) is 5.80. The van der Waals surface area contributed by atoms with E-state index >= 15 is 0 Å². The Kier molecular flexibility index (Phi) is 6.70. The molecule has 0 radical (unpaired) electrons. The molecule has 1 aliphatic heterocycles. The van der Waals surface area contributed by atoms with E-state index in [1.165, 1.54) is 11.3 Å². The number of hydrogen-bond acceptors (Lipinski definition) is 4. The fourth-order valence-corrected chi connectivity index (χ4v) is 4.54. The molecule has 162 valence electrons. The van der Waals surface area contributed by atoms with Crippen LogP contribution >= 0.6 is 0 Å². The zero-order valence-corrected chi connectivity index (χ0v) is 19.0. The molecule has 5 nitrogen and oxygen atoms in total. The van der Waals surface area contributed by atoms with Crippen LogP contribution in [-0.4, -0.2) is 24.6 Å². The van der Waals surface area contributed by atoms with E-state index in [0.717, 1.165) is 18.5 Å². The molecule has 0 saturated carbocycles. The number of carbonyl (C=O) groups excluding carboxylic acids is 1. The summed E-state index contributed by atoms with van der Waals surface area (Å²) in [6, 6.07) is 15.4. The van der Waals surface area contributed by atoms with Crippen molar-refractivity contribution in [1.29, 1.82) is 5.26 Å². The predicted molar refractivity (Wildman–Crippen MR) is 126 cm³/mol. The molecular formula is C26H31N3O2. The van der Waals surface area contributed by atoms with Crippen LogP contribution in [0, 0.1) is 11.3 Å². The molecule has 1 atom stereocenters. The standard InChI is InChI=1S/C26H31N3O2/c1-6-29-24-12-11-19(14-23(24)18(3)16-26(29,4)5)13-20(17-27)25(30)28-21-9-8-10-22(15-21)31-7-2/h8-15,18H,6-7,16H2,1-5H3,(H,28,30)/b20-13+. The molecule has 1 unspecified atom stereocenters. The molecule has 1 N–H and O–H groups in total. The lowest BCUT2D eigenvalue weighted by Crippen LogP contribution is -2.48. The Hall–Kier alpha value is -3.26. The van der Waals surface area contributed by atoms with Crippen LogP contribution < -0.4 is 15.0 Å². The summed E-state index contributed by atoms with van der Waals surface area (Å²) in [5.74, 6) is 0.648. The summed E-state index contributed by atoms with van der Waals surface area (Å²) < 4.78 is 5.47. The molecule has 0 aromatic heterocycles. The van der Waals surface area contributed by atoms with Crippen molar-refractivity contribution in [2.45, 2.75) is 52.5 Å². The molecule has 1 aliphatic rings. The molecule has 0 fully saturated rings. The Balaban J connectivity index is 1.86. The van der Waals surface area contributed by atoms with Gasteiger partial charge in [0.25, 0.3) is 5.91 Å². The minimum absolute atomic E-state index is 0.0675. The Morgan fingerprint density at radius 3 is 2.74 bits per heavy atom. The van der Waals surface area contributed by atoms with Crippen molar-refractivity contribution in [3.8, 4) is 11.8 Å². The lowest BCUT2D eigenvalue weighted by atomic mass is 9.79. The largest absolute Gasteiger partial charge is 0.494 e. The number of nitrogens with zero attached hydrogens (tertiary/aromatic N) is 2. The van der Waals surface area contributed by atoms with Gasteiger partial charge in [0.05, 0.1) is 6.61 Å². The van der Waals surface area contributed by atoms with Crippen LogP contribution in [0.3, 0.4) is 0 Å². The van der Waals surface area contributed by atoms with Gasteiger partial charge in [0.1, 0.15) is 17.4 Å². The minimum atomic E-state index is -0.432. The molecule has 2 aromatic rings. The van der Waals surface area contributed by atoms with Gasteiger partial charge in [-0.3, -0.25) is 4.79 Å². The first kappa shape index (κ1) is 22.4. The number of amides is 1. The summed E-state index contributed by atoms with van der Waals surface area (Å²) >= 11 is 0. The summed E-state index contributed by atoms with van der Waals surface area (Å²) in [5.41, 5.74) is 4.12. The van der Waals surface area contributed by atoms with Crippen molar-refractivity contribution in [2.24, 2.45) is 0 Å². The normalized spacial score (nSPS) is 17.5. The van der Waals surface area contributed by atoms with Crippen molar-refractivity contribution in [1.82, 2.24) is 0 Å². The Morgan fingerprint density at radius 2 is 2.06 bits per heavy atom. The van der Waals surface area contributed by atoms with E-state index in [2.05, 4.69) is 50.0 Å². The zero-order valence-electron chi connectivity index (χ0n) is 19.0. The second-order valence-electron chi connectivity index (χ2n) is 8.56. The average molecular weight is 418 g/mol. The van der Waals surface area contributed by atoms with Gasteiger partial charge in [-0.2, -0.15) is 5.26 Å². The van der Waals surface area contributed by atoms with Gasteiger partial charge in [-0.15, -0.1) is 0 Å². The Morgan fingerprint density at radius 1 is 1.29 bits per heavy atom. The van der Waals surface area contributed by atoms with Gasteiger partial charge in [0.2, 0.25) is 0 Å². The summed E-state index contributed by atoms with van der Waals surface area (Å²) in [6.07, 6.45) is 2.72. The number of anilines is 2. The van der Waals surface area contributed by atoms with Crippen molar-refractivity contribution in [3.05, 3.63) is 59.2 Å². The number of fused-ring (bicyclic) bond motifs is 1. The summed E-state index contributed by atoms with van der Waals surface area (Å²) in [6.45, 7) is 12.4. The van der Waals surface area contributed by atoms with E-state index in [9.17, 15) is 10.1 Å². The quantitative estimate of drug-likeness (QED) is 0.480. The minimum Gasteiger partial charge on any atom is -0.494 e. The second-order valence-corrected chi connectivity index (χ2v) is 8.56. The molecule has 0 bridgehead atoms. The van der Waals surface area contributed by atoms with E-state index in [-0.39, 0.29) is 11.1 Å². The molecule has 1 heterocycles. The topological polar surface area (TPSA) is 65.4 Å². The highest BCUT2D eigenvalue weighted by Gasteiger charge is 2.35. The summed E-state index contributed by atoms with van der Waals surface area (Å²) in [5, 5.41) is 12.4. The number of rotatable bonds is 6. The van der Waals surface area contributed by atoms with Crippen molar-refractivity contribution in [2.75, 3.05) is 23.4 Å². The van der Waals surface area contributed by atoms with Crippen LogP contribution in [0.4, 0.5) is 11.4 Å². The molecule has 0 spiro atoms. The third kappa shape index (κ3) is 4.91. The highest BCUT2D eigenvalue weighted by atomic mass is 16.5. The molecule has 5 heteroatoms. The molecule has 1 amide bonds. The van der Waals surface area contributed by atoms with Gasteiger partial charge in [-0.05, 0) is 81.5 Å². The van der Waals surface area contributed by atoms with Gasteiger partial charge in [-0.25, -0.2) is 0 Å². The average Bonchev–Trinajstić information content (AvgIpc) is 2.72. The number of nitrogens with one attached hydrogen (secondary N) is 1. The number of nitriles is 1. The third-order valence-corrected chi connectivity index (χ3v) is 5.80. The van der Waals surface area contributed by atoms with Crippen LogP contribution in [0.25, 0.3) is 6.08 Å². The van der Waals surface area contributed by atoms with E-state index in [4.69, 9.17) is 4.74 Å². The van der Waals surface area contributed by atoms with Crippen LogP contribution in [0.1, 0.15) is 58.1 Å². The molecule has 0 saturated heterocycles. The Labute approximate surface area is 185 Å². The SMILES string of the molecule is CCOc1cccc(NC(=O)/C(C#N)=C/c2ccc3c(c2)C(C)CC(C)(C)N3CC)c1. The first-order valence-corrected chi connectivity index (χ1v) is 10.9. The van der Waals surface area contributed by atoms with E-state index in [1.807, 2.05) is 31.2 Å². The Bertz CT molecular complexity index is 1030. The molecule has 2 aromatic carbocycles. The molecule has 3 rings (SSSR count). The van der Waals surface area contributed by atoms with Gasteiger partial charge in [0, 0.05) is 29.5 Å². The summed E-state index contributed by atoms with van der Waals surface area (Å²) in [4.78, 5) is 15.1. The summed E-state index contributed by atoms with van der Waals surface area (Å²) in [7, 11) is 0. The van der Waals surface area contributed by atoms with Crippen molar-refractivity contribution >= 4 is 23.4 Å². The van der Waals surface area contributed by atoms with Crippen LogP contribution in [0.5, 0.6) is 5.75 Å². The van der Waals surface area contributed by atoms with Gasteiger partial charge in [0.15, 0.2) is 0 Å². The monoisotopic (exact) mass is 417 g/mol. The smallest absolute Gasteiger partial charge is 0.266 e. The first-order valence-electron chi connectivity index (χ1n) is 10.9. The molecule has 31 heavy (non-hydrogen) atoms. The van der Waals surface area contributed by atoms with E-state index < -0.39 is 5.91 Å². The lowest BCUT2D eigenvalue weighted by molar-refractivity contribution is -0.112. The highest BCUT2D eigenvalue weighted by Crippen LogP contribution is 2.43. The first-order chi connectivity index (χ1) is 14.8. The maximum atomic E-state index is 12.7. The fraction of sp³-hybridized carbons (Fsp3) is 0.385. The fourth-order valence-electron chi connectivity index (χ4n) is 4.54. The van der Waals surface area contributed by atoms with E-state index in [1.54, 1.807) is 18.2 Å². The maximum Gasteiger partial charge on any atom is 0.266 e. The van der Waals surface area contributed by atoms with Gasteiger partial charge >= 0.3 is 0 Å². The molecular weight excluding hydrogens is 386 g/mol. The maximum absolute atomic E-state index is 12.7. The van der Waals surface area contributed by atoms with Gasteiger partial charge in [-0.1, -0.05) is 19.1 Å². The number of hydrogen-bond donors (Lipinski definition) is 1. The second kappa shape index (κ2) is 9.26. The lowest BCUT2D eigenvalue weighted by Gasteiger charge is -2.47. The van der Waals surface area contributed by atoms with Crippen molar-refractivity contribution in [3.63, 3.8) is 0 Å². The highest BCUT2D eigenvalue weighted by molar-refractivity contribution is 6.09. The van der Waals surface area contributed by atoms with Crippen LogP contribution in [0.2, 0.25) is 0 Å². The van der Waals surface area contributed by atoms with Crippen molar-refractivity contribution < 1.29 is 9.53 Å². The number of carbonyl (C=O) groups is 1. The van der Waals surface area contributed by atoms with Crippen LogP contribution in [-0.2, 0) is 4.79 Å². The number of benzene rings is 2. The predicted octanol–water partition coefficient (Wildman–Crippen LogP) is 5.74. The van der Waals surface area contributed by atoms with Gasteiger partial charge < -0.3 is 15.0 Å². The van der Waals surface area contributed by atoms with E-state index in [0.29, 0.717) is 24.0 Å². The number of ether oxygens (including phenoxy) is 1.